The van der Waals surface area contributed by atoms with Gasteiger partial charge in [0.2, 0.25) is 0 Å². The lowest BCUT2D eigenvalue weighted by Crippen LogP contribution is -2.00. The Morgan fingerprint density at radius 3 is 2.52 bits per heavy atom. The van der Waals surface area contributed by atoms with E-state index in [1.54, 1.807) is 0 Å². The molecular formula is C17H16BrN3. The maximum absolute atomic E-state index is 6.13. The predicted molar refractivity (Wildman–Crippen MR) is 90.1 cm³/mol. The zero-order chi connectivity index (χ0) is 14.8. The summed E-state index contributed by atoms with van der Waals surface area (Å²) >= 11 is 3.44. The van der Waals surface area contributed by atoms with Crippen molar-refractivity contribution in [3.8, 4) is 11.3 Å². The van der Waals surface area contributed by atoms with Crippen LogP contribution >= 0.6 is 15.9 Å². The van der Waals surface area contributed by atoms with Gasteiger partial charge in [-0.15, -0.1) is 0 Å². The lowest BCUT2D eigenvalue weighted by Gasteiger charge is -2.03. The second kappa shape index (κ2) is 5.74. The van der Waals surface area contributed by atoms with E-state index in [0.29, 0.717) is 12.2 Å². The number of nitrogens with two attached hydrogens (primary N) is 1. The first kappa shape index (κ1) is 13.9. The van der Waals surface area contributed by atoms with Gasteiger partial charge < -0.3 is 5.73 Å². The molecule has 0 saturated carbocycles. The van der Waals surface area contributed by atoms with Crippen molar-refractivity contribution >= 4 is 21.6 Å². The highest BCUT2D eigenvalue weighted by Crippen LogP contribution is 2.27. The van der Waals surface area contributed by atoms with E-state index in [4.69, 9.17) is 5.73 Å². The quantitative estimate of drug-likeness (QED) is 0.773. The van der Waals surface area contributed by atoms with E-state index < -0.39 is 0 Å². The van der Waals surface area contributed by atoms with Crippen LogP contribution in [0.2, 0.25) is 0 Å². The molecule has 3 rings (SSSR count). The van der Waals surface area contributed by atoms with Crippen LogP contribution in [0, 0.1) is 6.92 Å². The van der Waals surface area contributed by atoms with E-state index >= 15 is 0 Å². The van der Waals surface area contributed by atoms with Crippen LogP contribution in [0.3, 0.4) is 0 Å². The molecule has 0 radical (unpaired) electrons. The number of benzene rings is 2. The average molecular weight is 342 g/mol. The Kier molecular flexibility index (Phi) is 3.80. The van der Waals surface area contributed by atoms with Gasteiger partial charge in [-0.3, -0.25) is 4.68 Å². The number of aromatic nitrogens is 2. The van der Waals surface area contributed by atoms with Crippen molar-refractivity contribution in [2.45, 2.75) is 13.5 Å². The number of rotatable bonds is 3. The second-order valence-corrected chi connectivity index (χ2v) is 5.99. The zero-order valence-electron chi connectivity index (χ0n) is 11.8. The van der Waals surface area contributed by atoms with Gasteiger partial charge in [0.05, 0.1) is 12.2 Å². The lowest BCUT2D eigenvalue weighted by atomic mass is 10.1. The summed E-state index contributed by atoms with van der Waals surface area (Å²) in [5.74, 6) is 0. The maximum atomic E-state index is 6.13. The van der Waals surface area contributed by atoms with Crippen LogP contribution in [0.25, 0.3) is 11.3 Å². The van der Waals surface area contributed by atoms with Crippen LogP contribution in [0.15, 0.2) is 59.2 Å². The van der Waals surface area contributed by atoms with E-state index in [2.05, 4.69) is 52.2 Å². The van der Waals surface area contributed by atoms with Crippen LogP contribution in [0.1, 0.15) is 11.1 Å². The van der Waals surface area contributed by atoms with Crippen molar-refractivity contribution < 1.29 is 0 Å². The minimum Gasteiger partial charge on any atom is -0.396 e. The molecule has 0 amide bonds. The summed E-state index contributed by atoms with van der Waals surface area (Å²) in [6, 6.07) is 16.4. The smallest absolute Gasteiger partial charge is 0.115 e. The number of hydrogen-bond acceptors (Lipinski definition) is 2. The highest BCUT2D eigenvalue weighted by Gasteiger charge is 2.10. The first-order valence-electron chi connectivity index (χ1n) is 6.77. The van der Waals surface area contributed by atoms with Crippen molar-refractivity contribution in [1.29, 1.82) is 0 Å². The third kappa shape index (κ3) is 3.00. The number of anilines is 1. The van der Waals surface area contributed by atoms with E-state index in [1.165, 1.54) is 11.1 Å². The molecule has 1 heterocycles. The molecule has 0 aliphatic heterocycles. The molecule has 1 aromatic heterocycles. The van der Waals surface area contributed by atoms with Crippen LogP contribution < -0.4 is 5.73 Å². The van der Waals surface area contributed by atoms with Gasteiger partial charge in [-0.05, 0) is 30.2 Å². The minimum atomic E-state index is 0.710. The Labute approximate surface area is 132 Å². The summed E-state index contributed by atoms with van der Waals surface area (Å²) < 4.78 is 2.96. The van der Waals surface area contributed by atoms with Gasteiger partial charge in [0.25, 0.3) is 0 Å². The van der Waals surface area contributed by atoms with Crippen LogP contribution in [-0.4, -0.2) is 9.78 Å². The second-order valence-electron chi connectivity index (χ2n) is 5.07. The minimum absolute atomic E-state index is 0.710. The third-order valence-corrected chi connectivity index (χ3v) is 3.98. The first-order chi connectivity index (χ1) is 10.1. The van der Waals surface area contributed by atoms with E-state index in [0.717, 1.165) is 15.7 Å². The Bertz CT molecular complexity index is 760. The molecule has 2 aromatic carbocycles. The molecule has 0 saturated heterocycles. The van der Waals surface area contributed by atoms with Crippen molar-refractivity contribution in [1.82, 2.24) is 9.78 Å². The van der Waals surface area contributed by atoms with Crippen molar-refractivity contribution in [3.63, 3.8) is 0 Å². The summed E-state index contributed by atoms with van der Waals surface area (Å²) in [6.45, 7) is 2.78. The number of aryl methyl sites for hydroxylation is 1. The van der Waals surface area contributed by atoms with Gasteiger partial charge in [-0.2, -0.15) is 5.10 Å². The Balaban J connectivity index is 1.91. The fraction of sp³-hybridized carbons (Fsp3) is 0.118. The molecular weight excluding hydrogens is 326 g/mol. The van der Waals surface area contributed by atoms with Gasteiger partial charge >= 0.3 is 0 Å². The van der Waals surface area contributed by atoms with Crippen LogP contribution in [0.4, 0.5) is 5.69 Å². The Morgan fingerprint density at radius 2 is 1.81 bits per heavy atom. The standard InChI is InChI=1S/C17H16BrN3/c1-12-4-2-3-5-15(12)17-16(19)11-21(20-17)10-13-6-8-14(18)9-7-13/h2-9,11H,10,19H2,1H3. The van der Waals surface area contributed by atoms with Gasteiger partial charge in [-0.1, -0.05) is 52.3 Å². The van der Waals surface area contributed by atoms with E-state index in [1.807, 2.05) is 35.1 Å². The molecule has 0 atom stereocenters. The molecule has 3 aromatic rings. The molecule has 3 nitrogen and oxygen atoms in total. The summed E-state index contributed by atoms with van der Waals surface area (Å²) in [7, 11) is 0. The van der Waals surface area contributed by atoms with Crippen molar-refractivity contribution in [3.05, 3.63) is 70.3 Å². The van der Waals surface area contributed by atoms with E-state index in [9.17, 15) is 0 Å². The van der Waals surface area contributed by atoms with Crippen LogP contribution in [-0.2, 0) is 6.54 Å². The molecule has 4 heteroatoms. The number of hydrogen-bond donors (Lipinski definition) is 1. The van der Waals surface area contributed by atoms with Crippen LogP contribution in [0.5, 0.6) is 0 Å². The molecule has 106 valence electrons. The van der Waals surface area contributed by atoms with E-state index in [-0.39, 0.29) is 0 Å². The summed E-state index contributed by atoms with van der Waals surface area (Å²) in [5, 5.41) is 4.64. The molecule has 2 N–H and O–H groups in total. The molecule has 0 fully saturated rings. The van der Waals surface area contributed by atoms with Gasteiger partial charge in [0.15, 0.2) is 0 Å². The SMILES string of the molecule is Cc1ccccc1-c1nn(Cc2ccc(Br)cc2)cc1N. The maximum Gasteiger partial charge on any atom is 0.115 e. The molecule has 0 aliphatic carbocycles. The molecule has 21 heavy (non-hydrogen) atoms. The fourth-order valence-corrected chi connectivity index (χ4v) is 2.61. The highest BCUT2D eigenvalue weighted by atomic mass is 79.9. The summed E-state index contributed by atoms with van der Waals surface area (Å²) in [5.41, 5.74) is 11.1. The molecule has 0 aliphatic rings. The monoisotopic (exact) mass is 341 g/mol. The number of nitrogens with zero attached hydrogens (tertiary/aromatic N) is 2. The molecule has 0 bridgehead atoms. The van der Waals surface area contributed by atoms with Crippen molar-refractivity contribution in [2.75, 3.05) is 5.73 Å². The van der Waals surface area contributed by atoms with Gasteiger partial charge in [0, 0.05) is 16.2 Å². The normalized spacial score (nSPS) is 10.8. The largest absolute Gasteiger partial charge is 0.396 e. The average Bonchev–Trinajstić information content (AvgIpc) is 2.83. The first-order valence-corrected chi connectivity index (χ1v) is 7.56. The van der Waals surface area contributed by atoms with Crippen molar-refractivity contribution in [2.24, 2.45) is 0 Å². The topological polar surface area (TPSA) is 43.8 Å². The van der Waals surface area contributed by atoms with Gasteiger partial charge in [-0.25, -0.2) is 0 Å². The molecule has 0 unspecified atom stereocenters. The summed E-state index contributed by atoms with van der Waals surface area (Å²) in [6.07, 6.45) is 1.89. The zero-order valence-corrected chi connectivity index (χ0v) is 13.3. The third-order valence-electron chi connectivity index (χ3n) is 3.45. The predicted octanol–water partition coefficient (Wildman–Crippen LogP) is 4.25. The molecule has 0 spiro atoms. The Morgan fingerprint density at radius 1 is 1.10 bits per heavy atom. The fourth-order valence-electron chi connectivity index (χ4n) is 2.34. The number of halogens is 1. The summed E-state index contributed by atoms with van der Waals surface area (Å²) in [4.78, 5) is 0. The highest BCUT2D eigenvalue weighted by molar-refractivity contribution is 9.10. The van der Waals surface area contributed by atoms with Gasteiger partial charge in [0.1, 0.15) is 5.69 Å². The Hall–Kier alpha value is -2.07. The lowest BCUT2D eigenvalue weighted by molar-refractivity contribution is 0.689. The number of nitrogen functional groups attached to an aromatic ring is 1.